The molecule has 0 heterocycles. The van der Waals surface area contributed by atoms with Crippen molar-refractivity contribution in [1.82, 2.24) is 4.90 Å². The van der Waals surface area contributed by atoms with E-state index in [9.17, 15) is 9.59 Å². The van der Waals surface area contributed by atoms with Gasteiger partial charge in [-0.1, -0.05) is 36.8 Å². The highest BCUT2D eigenvalue weighted by molar-refractivity contribution is 6.04. The van der Waals surface area contributed by atoms with Crippen LogP contribution in [0.25, 0.3) is 0 Å². The van der Waals surface area contributed by atoms with E-state index < -0.39 is 0 Å². The number of hydrogen-bond donors (Lipinski definition) is 1. The second kappa shape index (κ2) is 7.51. The Morgan fingerprint density at radius 3 is 2.44 bits per heavy atom. The molecule has 3 rings (SSSR count). The maximum Gasteiger partial charge on any atom is 0.255 e. The van der Waals surface area contributed by atoms with Gasteiger partial charge in [0.05, 0.1) is 6.04 Å². The van der Waals surface area contributed by atoms with E-state index in [2.05, 4.69) is 5.32 Å². The first-order chi connectivity index (χ1) is 12.1. The number of anilines is 1. The SMILES string of the molecule is C[C@@H](c1cccc(NC(=O)c2ccccc2)c1)N(C)C(=O)C1CCC1. The third-order valence-corrected chi connectivity index (χ3v) is 5.05. The van der Waals surface area contributed by atoms with Gasteiger partial charge in [0, 0.05) is 24.2 Å². The molecule has 0 bridgehead atoms. The third kappa shape index (κ3) is 3.90. The zero-order valence-electron chi connectivity index (χ0n) is 14.7. The lowest BCUT2D eigenvalue weighted by Gasteiger charge is -2.33. The molecule has 2 amide bonds. The first-order valence-electron chi connectivity index (χ1n) is 8.79. The Morgan fingerprint density at radius 2 is 1.80 bits per heavy atom. The minimum atomic E-state index is -0.135. The maximum atomic E-state index is 12.4. The lowest BCUT2D eigenvalue weighted by molar-refractivity contribution is -0.138. The summed E-state index contributed by atoms with van der Waals surface area (Å²) in [6.07, 6.45) is 3.16. The summed E-state index contributed by atoms with van der Waals surface area (Å²) in [5, 5.41) is 2.92. The van der Waals surface area contributed by atoms with Gasteiger partial charge in [-0.25, -0.2) is 0 Å². The molecule has 1 N–H and O–H groups in total. The molecule has 1 aliphatic carbocycles. The summed E-state index contributed by atoms with van der Waals surface area (Å²) < 4.78 is 0. The van der Waals surface area contributed by atoms with Crippen LogP contribution >= 0.6 is 0 Å². The van der Waals surface area contributed by atoms with Crippen LogP contribution in [-0.4, -0.2) is 23.8 Å². The van der Waals surface area contributed by atoms with Crippen molar-refractivity contribution in [1.29, 1.82) is 0 Å². The Morgan fingerprint density at radius 1 is 1.08 bits per heavy atom. The van der Waals surface area contributed by atoms with E-state index in [4.69, 9.17) is 0 Å². The predicted octanol–water partition coefficient (Wildman–Crippen LogP) is 4.26. The number of carbonyl (C=O) groups is 2. The Bertz CT molecular complexity index is 754. The van der Waals surface area contributed by atoms with Crippen molar-refractivity contribution in [2.45, 2.75) is 32.2 Å². The number of amides is 2. The number of nitrogens with zero attached hydrogens (tertiary/aromatic N) is 1. The highest BCUT2D eigenvalue weighted by Crippen LogP contribution is 2.31. The van der Waals surface area contributed by atoms with Crippen molar-refractivity contribution < 1.29 is 9.59 Å². The van der Waals surface area contributed by atoms with Crippen LogP contribution in [0.1, 0.15) is 48.1 Å². The highest BCUT2D eigenvalue weighted by Gasteiger charge is 2.30. The van der Waals surface area contributed by atoms with Crippen molar-refractivity contribution >= 4 is 17.5 Å². The average Bonchev–Trinajstić information content (AvgIpc) is 2.60. The lowest BCUT2D eigenvalue weighted by atomic mass is 9.84. The van der Waals surface area contributed by atoms with Crippen LogP contribution in [0.2, 0.25) is 0 Å². The fourth-order valence-electron chi connectivity index (χ4n) is 3.03. The first-order valence-corrected chi connectivity index (χ1v) is 8.79. The minimum absolute atomic E-state index is 0.0262. The molecule has 1 saturated carbocycles. The number of nitrogens with one attached hydrogen (secondary N) is 1. The molecule has 4 heteroatoms. The molecular weight excluding hydrogens is 312 g/mol. The van der Waals surface area contributed by atoms with E-state index in [1.165, 1.54) is 0 Å². The van der Waals surface area contributed by atoms with Crippen molar-refractivity contribution in [2.75, 3.05) is 12.4 Å². The zero-order valence-corrected chi connectivity index (χ0v) is 14.7. The molecule has 1 aliphatic rings. The Kier molecular flexibility index (Phi) is 5.17. The average molecular weight is 336 g/mol. The minimum Gasteiger partial charge on any atom is -0.339 e. The molecule has 130 valence electrons. The van der Waals surface area contributed by atoms with Gasteiger partial charge >= 0.3 is 0 Å². The van der Waals surface area contributed by atoms with Gasteiger partial charge < -0.3 is 10.2 Å². The summed E-state index contributed by atoms with van der Waals surface area (Å²) in [6, 6.07) is 16.8. The van der Waals surface area contributed by atoms with E-state index in [1.54, 1.807) is 12.1 Å². The van der Waals surface area contributed by atoms with Crippen LogP contribution in [0, 0.1) is 5.92 Å². The lowest BCUT2D eigenvalue weighted by Crippen LogP contribution is -2.37. The highest BCUT2D eigenvalue weighted by atomic mass is 16.2. The van der Waals surface area contributed by atoms with Gasteiger partial charge in [0.15, 0.2) is 0 Å². The second-order valence-corrected chi connectivity index (χ2v) is 6.70. The van der Waals surface area contributed by atoms with E-state index >= 15 is 0 Å². The molecule has 25 heavy (non-hydrogen) atoms. The van der Waals surface area contributed by atoms with Crippen LogP contribution in [-0.2, 0) is 4.79 Å². The van der Waals surface area contributed by atoms with Gasteiger partial charge in [-0.15, -0.1) is 0 Å². The monoisotopic (exact) mass is 336 g/mol. The van der Waals surface area contributed by atoms with E-state index in [-0.39, 0.29) is 23.8 Å². The Hall–Kier alpha value is -2.62. The summed E-state index contributed by atoms with van der Waals surface area (Å²) in [7, 11) is 1.86. The summed E-state index contributed by atoms with van der Waals surface area (Å²) in [4.78, 5) is 26.6. The van der Waals surface area contributed by atoms with Crippen molar-refractivity contribution in [3.8, 4) is 0 Å². The van der Waals surface area contributed by atoms with Gasteiger partial charge in [0.2, 0.25) is 5.91 Å². The van der Waals surface area contributed by atoms with E-state index in [0.29, 0.717) is 5.56 Å². The maximum absolute atomic E-state index is 12.4. The molecule has 1 atom stereocenters. The number of benzene rings is 2. The van der Waals surface area contributed by atoms with Gasteiger partial charge in [0.25, 0.3) is 5.91 Å². The standard InChI is InChI=1S/C21H24N2O2/c1-15(23(2)21(25)17-10-6-11-17)18-12-7-13-19(14-18)22-20(24)16-8-4-3-5-9-16/h3-5,7-9,12-15,17H,6,10-11H2,1-2H3,(H,22,24)/t15-/m0/s1. The molecule has 4 nitrogen and oxygen atoms in total. The molecule has 0 radical (unpaired) electrons. The molecular formula is C21H24N2O2. The number of hydrogen-bond acceptors (Lipinski definition) is 2. The quantitative estimate of drug-likeness (QED) is 0.887. The fraction of sp³-hybridized carbons (Fsp3) is 0.333. The molecule has 2 aromatic rings. The Labute approximate surface area is 148 Å². The van der Waals surface area contributed by atoms with Crippen LogP contribution in [0.3, 0.4) is 0 Å². The topological polar surface area (TPSA) is 49.4 Å². The summed E-state index contributed by atoms with van der Waals surface area (Å²) in [5.41, 5.74) is 2.38. The fourth-order valence-corrected chi connectivity index (χ4v) is 3.03. The van der Waals surface area contributed by atoms with E-state index in [1.807, 2.05) is 61.3 Å². The van der Waals surface area contributed by atoms with Crippen molar-refractivity contribution in [3.05, 3.63) is 65.7 Å². The van der Waals surface area contributed by atoms with Crippen LogP contribution in [0.15, 0.2) is 54.6 Å². The molecule has 0 aromatic heterocycles. The first kappa shape index (κ1) is 17.2. The molecule has 0 aliphatic heterocycles. The second-order valence-electron chi connectivity index (χ2n) is 6.70. The number of rotatable bonds is 5. The zero-order chi connectivity index (χ0) is 17.8. The normalized spacial score (nSPS) is 15.1. The molecule has 2 aromatic carbocycles. The van der Waals surface area contributed by atoms with Crippen LogP contribution < -0.4 is 5.32 Å². The van der Waals surface area contributed by atoms with Gasteiger partial charge in [-0.2, -0.15) is 0 Å². The third-order valence-electron chi connectivity index (χ3n) is 5.05. The van der Waals surface area contributed by atoms with Gasteiger partial charge in [0.1, 0.15) is 0 Å². The molecule has 0 unspecified atom stereocenters. The Balaban J connectivity index is 1.70. The summed E-state index contributed by atoms with van der Waals surface area (Å²) in [5.74, 6) is 0.273. The van der Waals surface area contributed by atoms with E-state index in [0.717, 1.165) is 30.5 Å². The van der Waals surface area contributed by atoms with Gasteiger partial charge in [-0.3, -0.25) is 9.59 Å². The predicted molar refractivity (Wildman–Crippen MR) is 99.4 cm³/mol. The van der Waals surface area contributed by atoms with Crippen LogP contribution in [0.5, 0.6) is 0 Å². The van der Waals surface area contributed by atoms with Crippen molar-refractivity contribution in [2.24, 2.45) is 5.92 Å². The molecule has 0 saturated heterocycles. The summed E-state index contributed by atoms with van der Waals surface area (Å²) in [6.45, 7) is 2.02. The molecule has 1 fully saturated rings. The summed E-state index contributed by atoms with van der Waals surface area (Å²) >= 11 is 0. The number of carbonyl (C=O) groups excluding carboxylic acids is 2. The van der Waals surface area contributed by atoms with Gasteiger partial charge in [-0.05, 0) is 49.6 Å². The van der Waals surface area contributed by atoms with Crippen LogP contribution in [0.4, 0.5) is 5.69 Å². The smallest absolute Gasteiger partial charge is 0.255 e. The van der Waals surface area contributed by atoms with Crippen molar-refractivity contribution in [3.63, 3.8) is 0 Å². The largest absolute Gasteiger partial charge is 0.339 e. The molecule has 0 spiro atoms.